The molecule has 2 rings (SSSR count). The summed E-state index contributed by atoms with van der Waals surface area (Å²) in [6, 6.07) is 9.32. The van der Waals surface area contributed by atoms with E-state index >= 15 is 0 Å². The second-order valence-corrected chi connectivity index (χ2v) is 4.29. The maximum Gasteiger partial charge on any atom is 0.405 e. The first-order valence-corrected chi connectivity index (χ1v) is 5.86. The molecule has 1 amide bonds. The first-order valence-electron chi connectivity index (χ1n) is 5.86. The Balaban J connectivity index is 2.23. The molecule has 0 bridgehead atoms. The lowest BCUT2D eigenvalue weighted by molar-refractivity contribution is 0.0127. The largest absolute Gasteiger partial charge is 0.465 e. The molecule has 1 fully saturated rings. The second-order valence-electron chi connectivity index (χ2n) is 4.29. The van der Waals surface area contributed by atoms with Crippen molar-refractivity contribution in [1.82, 2.24) is 5.32 Å². The summed E-state index contributed by atoms with van der Waals surface area (Å²) in [6.07, 6.45) is 0.797. The van der Waals surface area contributed by atoms with Crippen LogP contribution in [0.1, 0.15) is 31.4 Å². The quantitative estimate of drug-likeness (QED) is 0.824. The Labute approximate surface area is 101 Å². The molecule has 0 aliphatic heterocycles. The number of ether oxygens (including phenoxy) is 1. The van der Waals surface area contributed by atoms with Crippen LogP contribution >= 0.6 is 0 Å². The molecular formula is C13H17NO3. The fourth-order valence-electron chi connectivity index (χ4n) is 2.21. The van der Waals surface area contributed by atoms with E-state index in [0.717, 1.165) is 18.4 Å². The molecule has 0 spiro atoms. The summed E-state index contributed by atoms with van der Waals surface area (Å²) in [5.41, 5.74) is 0.620. The van der Waals surface area contributed by atoms with Crippen molar-refractivity contribution in [2.24, 2.45) is 0 Å². The second kappa shape index (κ2) is 4.75. The van der Waals surface area contributed by atoms with Crippen LogP contribution in [0.3, 0.4) is 0 Å². The van der Waals surface area contributed by atoms with E-state index in [0.29, 0.717) is 6.61 Å². The van der Waals surface area contributed by atoms with Gasteiger partial charge in [-0.05, 0) is 25.3 Å². The predicted octanol–water partition coefficient (Wildman–Crippen LogP) is 2.56. The fourth-order valence-corrected chi connectivity index (χ4v) is 2.21. The van der Waals surface area contributed by atoms with Gasteiger partial charge >= 0.3 is 6.09 Å². The zero-order chi connectivity index (χ0) is 12.3. The van der Waals surface area contributed by atoms with Crippen LogP contribution in [0.5, 0.6) is 0 Å². The Bertz CT molecular complexity index is 387. The van der Waals surface area contributed by atoms with Crippen LogP contribution in [0, 0.1) is 0 Å². The molecule has 1 aliphatic carbocycles. The van der Waals surface area contributed by atoms with Crippen molar-refractivity contribution >= 4 is 6.09 Å². The highest BCUT2D eigenvalue weighted by atomic mass is 16.5. The minimum atomic E-state index is -1.01. The lowest BCUT2D eigenvalue weighted by Gasteiger charge is -2.27. The molecule has 1 saturated carbocycles. The standard InChI is InChI=1S/C13H17NO3/c1-2-17-13(8-9-13)11(14-12(15)16)10-6-4-3-5-7-10/h3-7,11,14H,2,8-9H2,1H3,(H,15,16). The highest BCUT2D eigenvalue weighted by molar-refractivity contribution is 5.65. The van der Waals surface area contributed by atoms with Gasteiger partial charge in [-0.25, -0.2) is 4.79 Å². The van der Waals surface area contributed by atoms with E-state index in [1.807, 2.05) is 37.3 Å². The number of benzene rings is 1. The molecule has 1 unspecified atom stereocenters. The first-order chi connectivity index (χ1) is 8.18. The molecule has 0 radical (unpaired) electrons. The van der Waals surface area contributed by atoms with Crippen molar-refractivity contribution in [3.8, 4) is 0 Å². The van der Waals surface area contributed by atoms with E-state index in [1.54, 1.807) is 0 Å². The minimum absolute atomic E-state index is 0.277. The van der Waals surface area contributed by atoms with Gasteiger partial charge in [-0.2, -0.15) is 0 Å². The van der Waals surface area contributed by atoms with E-state index in [2.05, 4.69) is 5.32 Å². The third-order valence-electron chi connectivity index (χ3n) is 3.10. The molecule has 0 heterocycles. The molecule has 1 aromatic carbocycles. The molecule has 1 aliphatic rings. The van der Waals surface area contributed by atoms with Crippen molar-refractivity contribution in [3.63, 3.8) is 0 Å². The molecule has 4 heteroatoms. The zero-order valence-corrected chi connectivity index (χ0v) is 9.85. The molecule has 0 saturated heterocycles. The fraction of sp³-hybridized carbons (Fsp3) is 0.462. The topological polar surface area (TPSA) is 58.6 Å². The summed E-state index contributed by atoms with van der Waals surface area (Å²) in [7, 11) is 0. The van der Waals surface area contributed by atoms with Gasteiger partial charge in [0.25, 0.3) is 0 Å². The van der Waals surface area contributed by atoms with E-state index < -0.39 is 6.09 Å². The number of hydrogen-bond acceptors (Lipinski definition) is 2. The Kier molecular flexibility index (Phi) is 3.33. The van der Waals surface area contributed by atoms with Crippen LogP contribution in [0.15, 0.2) is 30.3 Å². The number of hydrogen-bond donors (Lipinski definition) is 2. The van der Waals surface area contributed by atoms with Crippen LogP contribution in [0.25, 0.3) is 0 Å². The van der Waals surface area contributed by atoms with Crippen LogP contribution in [0.4, 0.5) is 4.79 Å². The minimum Gasteiger partial charge on any atom is -0.465 e. The third kappa shape index (κ3) is 2.58. The zero-order valence-electron chi connectivity index (χ0n) is 9.85. The number of carboxylic acid groups (broad SMARTS) is 1. The molecular weight excluding hydrogens is 218 g/mol. The first kappa shape index (κ1) is 11.9. The third-order valence-corrected chi connectivity index (χ3v) is 3.10. The molecule has 1 aromatic rings. The Hall–Kier alpha value is -1.55. The monoisotopic (exact) mass is 235 g/mol. The van der Waals surface area contributed by atoms with E-state index in [9.17, 15) is 4.79 Å². The smallest absolute Gasteiger partial charge is 0.405 e. The average Bonchev–Trinajstić information content (AvgIpc) is 3.08. The molecule has 1 atom stereocenters. The van der Waals surface area contributed by atoms with Gasteiger partial charge in [0, 0.05) is 6.61 Å². The van der Waals surface area contributed by atoms with Crippen LogP contribution < -0.4 is 5.32 Å². The van der Waals surface area contributed by atoms with E-state index in [4.69, 9.17) is 9.84 Å². The van der Waals surface area contributed by atoms with Crippen molar-refractivity contribution in [2.75, 3.05) is 6.61 Å². The average molecular weight is 235 g/mol. The SMILES string of the molecule is CCOC1(C(NC(=O)O)c2ccccc2)CC1. The van der Waals surface area contributed by atoms with Gasteiger partial charge in [-0.15, -0.1) is 0 Å². The number of nitrogens with one attached hydrogen (secondary N) is 1. The van der Waals surface area contributed by atoms with Gasteiger partial charge < -0.3 is 15.2 Å². The molecule has 17 heavy (non-hydrogen) atoms. The molecule has 4 nitrogen and oxygen atoms in total. The maximum absolute atomic E-state index is 10.9. The van der Waals surface area contributed by atoms with Crippen molar-refractivity contribution in [1.29, 1.82) is 0 Å². The summed E-state index contributed by atoms with van der Waals surface area (Å²) in [4.78, 5) is 10.9. The highest BCUT2D eigenvalue weighted by Gasteiger charge is 2.51. The highest BCUT2D eigenvalue weighted by Crippen LogP contribution is 2.49. The van der Waals surface area contributed by atoms with Gasteiger partial charge in [0.05, 0.1) is 11.6 Å². The number of rotatable bonds is 5. The van der Waals surface area contributed by atoms with E-state index in [1.165, 1.54) is 0 Å². The van der Waals surface area contributed by atoms with Crippen molar-refractivity contribution < 1.29 is 14.6 Å². The number of amides is 1. The van der Waals surface area contributed by atoms with Gasteiger partial charge in [0.1, 0.15) is 0 Å². The predicted molar refractivity (Wildman–Crippen MR) is 63.9 cm³/mol. The molecule has 2 N–H and O–H groups in total. The lowest BCUT2D eigenvalue weighted by Crippen LogP contribution is -2.38. The van der Waals surface area contributed by atoms with Crippen molar-refractivity contribution in [3.05, 3.63) is 35.9 Å². The van der Waals surface area contributed by atoms with Gasteiger partial charge in [0.2, 0.25) is 0 Å². The molecule has 92 valence electrons. The van der Waals surface area contributed by atoms with Gasteiger partial charge in [-0.1, -0.05) is 30.3 Å². The van der Waals surface area contributed by atoms with E-state index in [-0.39, 0.29) is 11.6 Å². The maximum atomic E-state index is 10.9. The Morgan fingerprint density at radius 1 is 1.47 bits per heavy atom. The summed E-state index contributed by atoms with van der Waals surface area (Å²) >= 11 is 0. The van der Waals surface area contributed by atoms with Gasteiger partial charge in [0.15, 0.2) is 0 Å². The Morgan fingerprint density at radius 2 is 2.12 bits per heavy atom. The van der Waals surface area contributed by atoms with Crippen LogP contribution in [-0.4, -0.2) is 23.4 Å². The van der Waals surface area contributed by atoms with Crippen molar-refractivity contribution in [2.45, 2.75) is 31.4 Å². The number of carbonyl (C=O) groups is 1. The summed E-state index contributed by atoms with van der Waals surface area (Å²) in [6.45, 7) is 2.54. The normalized spacial score (nSPS) is 18.4. The summed E-state index contributed by atoms with van der Waals surface area (Å²) in [5, 5.41) is 11.5. The molecule has 0 aromatic heterocycles. The Morgan fingerprint density at radius 3 is 2.59 bits per heavy atom. The van der Waals surface area contributed by atoms with Crippen LogP contribution in [-0.2, 0) is 4.74 Å². The lowest BCUT2D eigenvalue weighted by atomic mass is 9.99. The summed E-state index contributed by atoms with van der Waals surface area (Å²) < 4.78 is 5.73. The summed E-state index contributed by atoms with van der Waals surface area (Å²) in [5.74, 6) is 0. The van der Waals surface area contributed by atoms with Crippen LogP contribution in [0.2, 0.25) is 0 Å². The van der Waals surface area contributed by atoms with Gasteiger partial charge in [-0.3, -0.25) is 0 Å².